The number of likely N-dealkylation sites (tertiary alicyclic amines) is 1. The Morgan fingerprint density at radius 2 is 1.59 bits per heavy atom. The van der Waals surface area contributed by atoms with Crippen LogP contribution < -0.4 is 15.5 Å². The number of rotatable bonds is 6. The summed E-state index contributed by atoms with van der Waals surface area (Å²) in [5.74, 6) is -0.450. The van der Waals surface area contributed by atoms with E-state index in [1.807, 2.05) is 32.9 Å². The molecule has 1 aromatic carbocycles. The van der Waals surface area contributed by atoms with Crippen LogP contribution in [0.5, 0.6) is 0 Å². The van der Waals surface area contributed by atoms with Crippen LogP contribution >= 0.6 is 0 Å². The van der Waals surface area contributed by atoms with Gasteiger partial charge in [-0.3, -0.25) is 19.8 Å². The van der Waals surface area contributed by atoms with E-state index in [2.05, 4.69) is 32.6 Å². The summed E-state index contributed by atoms with van der Waals surface area (Å²) < 4.78 is 11.9. The van der Waals surface area contributed by atoms with Gasteiger partial charge in [0.15, 0.2) is 0 Å². The van der Waals surface area contributed by atoms with Gasteiger partial charge in [-0.2, -0.15) is 0 Å². The molecule has 3 saturated heterocycles. The van der Waals surface area contributed by atoms with Crippen LogP contribution in [-0.4, -0.2) is 96.9 Å². The molecule has 0 aromatic heterocycles. The van der Waals surface area contributed by atoms with Gasteiger partial charge in [-0.1, -0.05) is 0 Å². The summed E-state index contributed by atoms with van der Waals surface area (Å²) >= 11 is 0. The van der Waals surface area contributed by atoms with E-state index >= 15 is 0 Å². The van der Waals surface area contributed by atoms with E-state index in [-0.39, 0.29) is 30.1 Å². The average Bonchev–Trinajstić information content (AvgIpc) is 2.88. The standard InChI is InChI=1S/C29H43N5O5/c1-29(2,3)39-28(37)34-12-10-23(11-13-34)38-24-18-22(19-24)33-16-14-32(15-17-33)21-6-4-20(5-7-21)30-25-8-9-26(35)31-27(25)36/h4-7,22-25,30H,8-19H2,1-3H3,(H,31,35,36)/t22-,24-,25?. The second-order valence-electron chi connectivity index (χ2n) is 12.3. The highest BCUT2D eigenvalue weighted by Gasteiger charge is 2.38. The molecular formula is C29H43N5O5. The monoisotopic (exact) mass is 541 g/mol. The van der Waals surface area contributed by atoms with Gasteiger partial charge in [0.1, 0.15) is 11.6 Å². The molecule has 2 N–H and O–H groups in total. The number of ether oxygens (including phenoxy) is 2. The summed E-state index contributed by atoms with van der Waals surface area (Å²) in [4.78, 5) is 42.4. The lowest BCUT2D eigenvalue weighted by atomic mass is 9.87. The number of nitrogens with zero attached hydrogens (tertiary/aromatic N) is 3. The SMILES string of the molecule is CC(C)(C)OC(=O)N1CCC(O[C@H]2C[C@H](N3CCN(c4ccc(NC5CCC(=O)NC5=O)cc4)CC3)C2)CC1. The van der Waals surface area contributed by atoms with E-state index in [1.54, 1.807) is 4.90 Å². The van der Waals surface area contributed by atoms with Crippen molar-refractivity contribution in [3.8, 4) is 0 Å². The lowest BCUT2D eigenvalue weighted by molar-refractivity contribution is -0.133. The number of piperazine rings is 1. The van der Waals surface area contributed by atoms with Crippen molar-refractivity contribution in [1.29, 1.82) is 0 Å². The zero-order chi connectivity index (χ0) is 27.6. The highest BCUT2D eigenvalue weighted by molar-refractivity contribution is 6.01. The molecule has 0 bridgehead atoms. The van der Waals surface area contributed by atoms with E-state index < -0.39 is 5.60 Å². The maximum atomic E-state index is 12.3. The fourth-order valence-electron chi connectivity index (χ4n) is 5.87. The molecule has 10 nitrogen and oxygen atoms in total. The molecule has 4 aliphatic rings. The molecule has 0 spiro atoms. The fraction of sp³-hybridized carbons (Fsp3) is 0.690. The zero-order valence-electron chi connectivity index (χ0n) is 23.5. The molecule has 3 heterocycles. The van der Waals surface area contributed by atoms with Gasteiger partial charge in [0.05, 0.1) is 12.2 Å². The molecule has 3 aliphatic heterocycles. The molecule has 1 atom stereocenters. The van der Waals surface area contributed by atoms with Crippen LogP contribution in [0.15, 0.2) is 24.3 Å². The summed E-state index contributed by atoms with van der Waals surface area (Å²) in [7, 11) is 0. The molecule has 39 heavy (non-hydrogen) atoms. The third-order valence-electron chi connectivity index (χ3n) is 8.19. The Balaban J connectivity index is 0.985. The number of carbonyl (C=O) groups is 3. The minimum absolute atomic E-state index is 0.199. The normalized spacial score (nSPS) is 27.1. The van der Waals surface area contributed by atoms with Gasteiger partial charge in [-0.15, -0.1) is 0 Å². The van der Waals surface area contributed by atoms with Crippen molar-refractivity contribution in [1.82, 2.24) is 15.1 Å². The van der Waals surface area contributed by atoms with E-state index in [4.69, 9.17) is 9.47 Å². The van der Waals surface area contributed by atoms with Gasteiger partial charge in [-0.05, 0) is 77.1 Å². The average molecular weight is 542 g/mol. The van der Waals surface area contributed by atoms with E-state index in [9.17, 15) is 14.4 Å². The molecular weight excluding hydrogens is 498 g/mol. The van der Waals surface area contributed by atoms with Crippen molar-refractivity contribution in [2.45, 2.75) is 89.2 Å². The highest BCUT2D eigenvalue weighted by atomic mass is 16.6. The van der Waals surface area contributed by atoms with Crippen LogP contribution in [-0.2, 0) is 19.1 Å². The number of anilines is 2. The van der Waals surface area contributed by atoms with E-state index in [1.165, 1.54) is 5.69 Å². The topological polar surface area (TPSA) is 103 Å². The second-order valence-corrected chi connectivity index (χ2v) is 12.3. The molecule has 214 valence electrons. The minimum atomic E-state index is -0.460. The van der Waals surface area contributed by atoms with Crippen LogP contribution in [0.2, 0.25) is 0 Å². The van der Waals surface area contributed by atoms with Crippen molar-refractivity contribution in [2.24, 2.45) is 0 Å². The molecule has 1 saturated carbocycles. The maximum absolute atomic E-state index is 12.3. The summed E-state index contributed by atoms with van der Waals surface area (Å²) in [6.45, 7) is 11.2. The molecule has 1 aromatic rings. The minimum Gasteiger partial charge on any atom is -0.444 e. The Morgan fingerprint density at radius 3 is 2.21 bits per heavy atom. The molecule has 1 unspecified atom stereocenters. The van der Waals surface area contributed by atoms with Gasteiger partial charge in [0, 0.05) is 63.1 Å². The summed E-state index contributed by atoms with van der Waals surface area (Å²) in [6, 6.07) is 8.46. The maximum Gasteiger partial charge on any atom is 0.410 e. The first kappa shape index (κ1) is 27.7. The van der Waals surface area contributed by atoms with E-state index in [0.717, 1.165) is 57.5 Å². The number of carbonyl (C=O) groups excluding carboxylic acids is 3. The quantitative estimate of drug-likeness (QED) is 0.530. The first-order valence-corrected chi connectivity index (χ1v) is 14.5. The highest BCUT2D eigenvalue weighted by Crippen LogP contribution is 2.32. The molecule has 0 radical (unpaired) electrons. The third-order valence-corrected chi connectivity index (χ3v) is 8.19. The lowest BCUT2D eigenvalue weighted by Gasteiger charge is -2.47. The van der Waals surface area contributed by atoms with Crippen molar-refractivity contribution in [3.63, 3.8) is 0 Å². The summed E-state index contributed by atoms with van der Waals surface area (Å²) in [5.41, 5.74) is 1.62. The smallest absolute Gasteiger partial charge is 0.410 e. The van der Waals surface area contributed by atoms with Crippen LogP contribution in [0.3, 0.4) is 0 Å². The zero-order valence-corrected chi connectivity index (χ0v) is 23.5. The van der Waals surface area contributed by atoms with Crippen molar-refractivity contribution in [3.05, 3.63) is 24.3 Å². The van der Waals surface area contributed by atoms with Gasteiger partial charge < -0.3 is 24.6 Å². The summed E-state index contributed by atoms with van der Waals surface area (Å²) in [5, 5.41) is 5.63. The molecule has 5 rings (SSSR count). The number of piperidine rings is 2. The Bertz CT molecular complexity index is 1020. The molecule has 10 heteroatoms. The second kappa shape index (κ2) is 11.7. The van der Waals surface area contributed by atoms with Crippen molar-refractivity contribution >= 4 is 29.3 Å². The molecule has 3 amide bonds. The van der Waals surface area contributed by atoms with E-state index in [0.29, 0.717) is 38.1 Å². The Kier molecular flexibility index (Phi) is 8.32. The number of nitrogens with one attached hydrogen (secondary N) is 2. The lowest BCUT2D eigenvalue weighted by Crippen LogP contribution is -2.56. The van der Waals surface area contributed by atoms with Crippen molar-refractivity contribution in [2.75, 3.05) is 49.5 Å². The largest absolute Gasteiger partial charge is 0.444 e. The number of imide groups is 1. The Hall–Kier alpha value is -2.85. The number of hydrogen-bond donors (Lipinski definition) is 2. The number of benzene rings is 1. The van der Waals surface area contributed by atoms with Gasteiger partial charge in [0.2, 0.25) is 11.8 Å². The first-order chi connectivity index (χ1) is 18.6. The molecule has 4 fully saturated rings. The Morgan fingerprint density at radius 1 is 0.923 bits per heavy atom. The van der Waals surface area contributed by atoms with Crippen LogP contribution in [0.4, 0.5) is 16.2 Å². The predicted octanol–water partition coefficient (Wildman–Crippen LogP) is 2.97. The Labute approximate surface area is 231 Å². The summed E-state index contributed by atoms with van der Waals surface area (Å²) in [6.07, 6.45) is 5.17. The first-order valence-electron chi connectivity index (χ1n) is 14.5. The van der Waals surface area contributed by atoms with Crippen LogP contribution in [0.25, 0.3) is 0 Å². The van der Waals surface area contributed by atoms with Gasteiger partial charge in [-0.25, -0.2) is 4.79 Å². The van der Waals surface area contributed by atoms with Crippen LogP contribution in [0.1, 0.15) is 59.3 Å². The molecule has 1 aliphatic carbocycles. The third kappa shape index (κ3) is 7.22. The predicted molar refractivity (Wildman–Crippen MR) is 149 cm³/mol. The van der Waals surface area contributed by atoms with Crippen LogP contribution in [0, 0.1) is 0 Å². The fourth-order valence-corrected chi connectivity index (χ4v) is 5.87. The number of amides is 3. The van der Waals surface area contributed by atoms with Gasteiger partial charge >= 0.3 is 6.09 Å². The van der Waals surface area contributed by atoms with Crippen molar-refractivity contribution < 1.29 is 23.9 Å². The number of hydrogen-bond acceptors (Lipinski definition) is 8. The van der Waals surface area contributed by atoms with Gasteiger partial charge in [0.25, 0.3) is 0 Å².